The highest BCUT2D eigenvalue weighted by atomic mass is 32.2. The topological polar surface area (TPSA) is 63.6 Å². The van der Waals surface area contributed by atoms with Crippen LogP contribution < -0.4 is 0 Å². The fourth-order valence-electron chi connectivity index (χ4n) is 1.81. The maximum atomic E-state index is 12.0. The molecule has 0 spiro atoms. The van der Waals surface area contributed by atoms with E-state index in [9.17, 15) is 13.5 Å². The summed E-state index contributed by atoms with van der Waals surface area (Å²) in [6.07, 6.45) is -0.562. The first-order valence-electron chi connectivity index (χ1n) is 4.57. The molecule has 2 rings (SSSR count). The first-order valence-corrected chi connectivity index (χ1v) is 7.00. The van der Waals surface area contributed by atoms with Crippen molar-refractivity contribution in [2.45, 2.75) is 22.0 Å². The van der Waals surface area contributed by atoms with Crippen LogP contribution in [0.25, 0.3) is 0 Å². The van der Waals surface area contributed by atoms with E-state index in [1.54, 1.807) is 11.4 Å². The number of hydrogen-bond acceptors (Lipinski definition) is 5. The number of hydrogen-bond donors (Lipinski definition) is 1. The number of fused-ring (bicyclic) bond motifs is 1. The van der Waals surface area contributed by atoms with Gasteiger partial charge in [0.2, 0.25) is 0 Å². The quantitative estimate of drug-likeness (QED) is 0.866. The summed E-state index contributed by atoms with van der Waals surface area (Å²) in [6.45, 7) is 0.343. The summed E-state index contributed by atoms with van der Waals surface area (Å²) < 4.78 is 29.1. The van der Waals surface area contributed by atoms with Crippen LogP contribution in [0.1, 0.15) is 18.1 Å². The molecule has 6 heteroatoms. The third-order valence-electron chi connectivity index (χ3n) is 2.59. The molecular formula is C9H12O4S2. The van der Waals surface area contributed by atoms with Gasteiger partial charge in [0.1, 0.15) is 4.21 Å². The van der Waals surface area contributed by atoms with E-state index in [0.29, 0.717) is 22.8 Å². The van der Waals surface area contributed by atoms with Crippen LogP contribution in [0.15, 0.2) is 15.7 Å². The Morgan fingerprint density at radius 1 is 1.60 bits per heavy atom. The molecule has 1 aliphatic heterocycles. The number of aliphatic hydroxyl groups is 1. The van der Waals surface area contributed by atoms with Crippen LogP contribution in [0.5, 0.6) is 0 Å². The Morgan fingerprint density at radius 2 is 2.33 bits per heavy atom. The van der Waals surface area contributed by atoms with Gasteiger partial charge in [-0.2, -0.15) is 0 Å². The zero-order chi connectivity index (χ0) is 11.1. The van der Waals surface area contributed by atoms with Crippen molar-refractivity contribution >= 4 is 21.2 Å². The molecule has 0 aromatic carbocycles. The predicted molar refractivity (Wildman–Crippen MR) is 56.7 cm³/mol. The van der Waals surface area contributed by atoms with Gasteiger partial charge < -0.3 is 9.84 Å². The molecule has 15 heavy (non-hydrogen) atoms. The van der Waals surface area contributed by atoms with E-state index >= 15 is 0 Å². The molecule has 0 radical (unpaired) electrons. The minimum absolute atomic E-state index is 0.316. The zero-order valence-electron chi connectivity index (χ0n) is 8.21. The van der Waals surface area contributed by atoms with Gasteiger partial charge in [-0.05, 0) is 17.9 Å². The second-order valence-corrected chi connectivity index (χ2v) is 6.75. The normalized spacial score (nSPS) is 27.9. The van der Waals surface area contributed by atoms with Crippen molar-refractivity contribution in [2.24, 2.45) is 0 Å². The van der Waals surface area contributed by atoms with Crippen LogP contribution in [0.3, 0.4) is 0 Å². The molecule has 0 bridgehead atoms. The lowest BCUT2D eigenvalue weighted by Gasteiger charge is -2.13. The summed E-state index contributed by atoms with van der Waals surface area (Å²) in [5.74, 6) is 0. The average Bonchev–Trinajstić information content (AvgIpc) is 2.71. The molecule has 0 aliphatic carbocycles. The molecule has 84 valence electrons. The zero-order valence-corrected chi connectivity index (χ0v) is 9.85. The largest absolute Gasteiger partial charge is 0.387 e. The standard InChI is InChI=1S/C9H12O4S2/c1-13-4-2-7-8(10)6-3-5-14-9(6)15(7,11)12/h3,5,7-8,10H,2,4H2,1H3. The van der Waals surface area contributed by atoms with E-state index in [2.05, 4.69) is 0 Å². The lowest BCUT2D eigenvalue weighted by molar-refractivity contribution is 0.142. The summed E-state index contributed by atoms with van der Waals surface area (Å²) in [5, 5.41) is 10.8. The molecule has 1 aliphatic rings. The molecule has 1 aromatic heterocycles. The summed E-state index contributed by atoms with van der Waals surface area (Å²) in [7, 11) is -1.82. The van der Waals surface area contributed by atoms with Crippen LogP contribution in [0.2, 0.25) is 0 Å². The maximum absolute atomic E-state index is 12.0. The monoisotopic (exact) mass is 248 g/mol. The highest BCUT2D eigenvalue weighted by Gasteiger charge is 2.44. The number of aliphatic hydroxyl groups excluding tert-OH is 1. The number of methoxy groups -OCH3 is 1. The van der Waals surface area contributed by atoms with E-state index in [1.165, 1.54) is 18.4 Å². The molecule has 0 amide bonds. The van der Waals surface area contributed by atoms with Crippen molar-refractivity contribution in [3.63, 3.8) is 0 Å². The molecule has 0 saturated heterocycles. The minimum atomic E-state index is -3.34. The Bertz CT molecular complexity index is 448. The van der Waals surface area contributed by atoms with E-state index in [0.717, 1.165) is 0 Å². The first kappa shape index (κ1) is 11.1. The SMILES string of the molecule is COCCC1C(O)c2ccsc2S1(=O)=O. The third-order valence-corrected chi connectivity index (χ3v) is 6.34. The maximum Gasteiger partial charge on any atom is 0.193 e. The number of ether oxygens (including phenoxy) is 1. The number of thiophene rings is 1. The second kappa shape index (κ2) is 3.86. The van der Waals surface area contributed by atoms with Crippen LogP contribution in [0.4, 0.5) is 0 Å². The van der Waals surface area contributed by atoms with Crippen molar-refractivity contribution in [3.8, 4) is 0 Å². The summed E-state index contributed by atoms with van der Waals surface area (Å²) in [4.78, 5) is 0. The van der Waals surface area contributed by atoms with Crippen LogP contribution in [-0.4, -0.2) is 32.5 Å². The summed E-state index contributed by atoms with van der Waals surface area (Å²) in [6, 6.07) is 1.68. The van der Waals surface area contributed by atoms with E-state index in [1.807, 2.05) is 0 Å². The number of sulfone groups is 1. The van der Waals surface area contributed by atoms with Gasteiger partial charge in [-0.25, -0.2) is 8.42 Å². The Morgan fingerprint density at radius 3 is 2.93 bits per heavy atom. The Balaban J connectivity index is 2.35. The van der Waals surface area contributed by atoms with E-state index < -0.39 is 21.2 Å². The number of rotatable bonds is 3. The third kappa shape index (κ3) is 1.61. The lowest BCUT2D eigenvalue weighted by Crippen LogP contribution is -2.22. The molecule has 1 N–H and O–H groups in total. The molecule has 1 aromatic rings. The fraction of sp³-hybridized carbons (Fsp3) is 0.556. The van der Waals surface area contributed by atoms with Gasteiger partial charge >= 0.3 is 0 Å². The van der Waals surface area contributed by atoms with Gasteiger partial charge in [0.25, 0.3) is 0 Å². The van der Waals surface area contributed by atoms with Crippen molar-refractivity contribution in [2.75, 3.05) is 13.7 Å². The summed E-state index contributed by atoms with van der Waals surface area (Å²) >= 11 is 1.17. The van der Waals surface area contributed by atoms with Crippen LogP contribution >= 0.6 is 11.3 Å². The van der Waals surface area contributed by atoms with Gasteiger partial charge in [-0.1, -0.05) is 0 Å². The van der Waals surface area contributed by atoms with Crippen molar-refractivity contribution in [1.82, 2.24) is 0 Å². The highest BCUT2D eigenvalue weighted by molar-refractivity contribution is 7.94. The molecule has 0 saturated carbocycles. The van der Waals surface area contributed by atoms with Crippen LogP contribution in [0, 0.1) is 0 Å². The summed E-state index contributed by atoms with van der Waals surface area (Å²) in [5.41, 5.74) is 0.543. The van der Waals surface area contributed by atoms with Crippen LogP contribution in [-0.2, 0) is 14.6 Å². The molecule has 0 fully saturated rings. The average molecular weight is 248 g/mol. The molecule has 2 atom stereocenters. The molecular weight excluding hydrogens is 236 g/mol. The Hall–Kier alpha value is -0.430. The van der Waals surface area contributed by atoms with Gasteiger partial charge in [-0.3, -0.25) is 0 Å². The second-order valence-electron chi connectivity index (χ2n) is 3.47. The highest BCUT2D eigenvalue weighted by Crippen LogP contribution is 2.43. The van der Waals surface area contributed by atoms with E-state index in [-0.39, 0.29) is 0 Å². The fourth-order valence-corrected chi connectivity index (χ4v) is 5.23. The van der Waals surface area contributed by atoms with Crippen molar-refractivity contribution in [3.05, 3.63) is 17.0 Å². The smallest absolute Gasteiger partial charge is 0.193 e. The molecule has 2 heterocycles. The van der Waals surface area contributed by atoms with E-state index in [4.69, 9.17) is 4.74 Å². The minimum Gasteiger partial charge on any atom is -0.387 e. The Kier molecular flexibility index (Phi) is 2.85. The van der Waals surface area contributed by atoms with Gasteiger partial charge in [0, 0.05) is 19.3 Å². The van der Waals surface area contributed by atoms with Crippen molar-refractivity contribution < 1.29 is 18.3 Å². The van der Waals surface area contributed by atoms with Gasteiger partial charge in [0.15, 0.2) is 9.84 Å². The molecule has 4 nitrogen and oxygen atoms in total. The predicted octanol–water partition coefficient (Wildman–Crippen LogP) is 0.974. The first-order chi connectivity index (χ1) is 7.09. The molecule has 2 unspecified atom stereocenters. The Labute approximate surface area is 92.4 Å². The van der Waals surface area contributed by atoms with Gasteiger partial charge in [0.05, 0.1) is 11.4 Å². The van der Waals surface area contributed by atoms with Crippen molar-refractivity contribution in [1.29, 1.82) is 0 Å². The van der Waals surface area contributed by atoms with Gasteiger partial charge in [-0.15, -0.1) is 11.3 Å². The lowest BCUT2D eigenvalue weighted by atomic mass is 10.1.